The first-order chi connectivity index (χ1) is 5.29. The highest BCUT2D eigenvalue weighted by Crippen LogP contribution is 2.06. The molecule has 0 saturated heterocycles. The van der Waals surface area contributed by atoms with Crippen molar-refractivity contribution < 1.29 is 0 Å². The van der Waals surface area contributed by atoms with Gasteiger partial charge < -0.3 is 0 Å². The highest BCUT2D eigenvalue weighted by Gasteiger charge is 1.88. The van der Waals surface area contributed by atoms with E-state index in [9.17, 15) is 0 Å². The molecule has 62 valence electrons. The van der Waals surface area contributed by atoms with Crippen LogP contribution in [-0.4, -0.2) is 6.21 Å². The standard InChI is InChI=1S/C8H11N.C2H6/c1-7-4-3-5-9-8(2)6-7;1-2/h4-6H,3H2,1-2H3;1-2H3. The lowest BCUT2D eigenvalue weighted by Gasteiger charge is -1.87. The average molecular weight is 151 g/mol. The van der Waals surface area contributed by atoms with Crippen molar-refractivity contribution >= 4 is 6.21 Å². The predicted molar refractivity (Wildman–Crippen MR) is 52.0 cm³/mol. The van der Waals surface area contributed by atoms with Crippen molar-refractivity contribution in [3.63, 3.8) is 0 Å². The number of hydrogen-bond acceptors (Lipinski definition) is 1. The van der Waals surface area contributed by atoms with Crippen LogP contribution < -0.4 is 0 Å². The van der Waals surface area contributed by atoms with Gasteiger partial charge in [-0.25, -0.2) is 0 Å². The Morgan fingerprint density at radius 2 is 1.91 bits per heavy atom. The summed E-state index contributed by atoms with van der Waals surface area (Å²) in [4.78, 5) is 4.16. The summed E-state index contributed by atoms with van der Waals surface area (Å²) in [6, 6.07) is 0. The molecule has 0 N–H and O–H groups in total. The summed E-state index contributed by atoms with van der Waals surface area (Å²) >= 11 is 0. The van der Waals surface area contributed by atoms with Crippen LogP contribution in [0.4, 0.5) is 0 Å². The van der Waals surface area contributed by atoms with Crippen LogP contribution in [0.5, 0.6) is 0 Å². The van der Waals surface area contributed by atoms with Crippen molar-refractivity contribution in [2.45, 2.75) is 34.1 Å². The van der Waals surface area contributed by atoms with Gasteiger partial charge in [-0.1, -0.05) is 25.5 Å². The summed E-state index contributed by atoms with van der Waals surface area (Å²) in [5.41, 5.74) is 2.41. The van der Waals surface area contributed by atoms with Gasteiger partial charge in [0, 0.05) is 18.3 Å². The van der Waals surface area contributed by atoms with Crippen LogP contribution in [0.1, 0.15) is 34.1 Å². The van der Waals surface area contributed by atoms with E-state index in [1.807, 2.05) is 27.0 Å². The largest absolute Gasteiger partial charge is 0.266 e. The summed E-state index contributed by atoms with van der Waals surface area (Å²) in [6.45, 7) is 8.11. The van der Waals surface area contributed by atoms with E-state index in [1.165, 1.54) is 5.57 Å². The normalized spacial score (nSPS) is 15.6. The summed E-state index contributed by atoms with van der Waals surface area (Å²) < 4.78 is 0. The van der Waals surface area contributed by atoms with Crippen molar-refractivity contribution in [1.82, 2.24) is 0 Å². The first kappa shape index (κ1) is 10.2. The van der Waals surface area contributed by atoms with Gasteiger partial charge in [0.15, 0.2) is 0 Å². The lowest BCUT2D eigenvalue weighted by molar-refractivity contribution is 1.30. The minimum absolute atomic E-state index is 0.972. The Kier molecular flexibility index (Phi) is 5.44. The quantitative estimate of drug-likeness (QED) is 0.503. The molecule has 0 aromatic heterocycles. The Labute approximate surface area is 69.5 Å². The molecule has 0 aromatic carbocycles. The van der Waals surface area contributed by atoms with Crippen LogP contribution in [0.15, 0.2) is 28.4 Å². The average Bonchev–Trinajstić information content (AvgIpc) is 2.18. The molecular formula is C10H17N. The molecule has 0 aliphatic carbocycles. The number of nitrogens with zero attached hydrogens (tertiary/aromatic N) is 1. The Morgan fingerprint density at radius 3 is 2.55 bits per heavy atom. The lowest BCUT2D eigenvalue weighted by atomic mass is 10.2. The van der Waals surface area contributed by atoms with Crippen molar-refractivity contribution in [2.24, 2.45) is 4.99 Å². The summed E-state index contributed by atoms with van der Waals surface area (Å²) in [5, 5.41) is 0. The second-order valence-corrected chi connectivity index (χ2v) is 2.28. The van der Waals surface area contributed by atoms with E-state index in [0.29, 0.717) is 0 Å². The smallest absolute Gasteiger partial charge is 0.0371 e. The molecule has 0 radical (unpaired) electrons. The first-order valence-electron chi connectivity index (χ1n) is 4.16. The molecule has 1 aliphatic rings. The Hall–Kier alpha value is -0.850. The van der Waals surface area contributed by atoms with Crippen LogP contribution >= 0.6 is 0 Å². The van der Waals surface area contributed by atoms with Gasteiger partial charge in [-0.15, -0.1) is 0 Å². The minimum atomic E-state index is 0.972. The summed E-state index contributed by atoms with van der Waals surface area (Å²) in [7, 11) is 0. The number of allylic oxidation sites excluding steroid dienone is 4. The fourth-order valence-electron chi connectivity index (χ4n) is 0.861. The molecule has 0 atom stereocenters. The molecule has 0 spiro atoms. The molecule has 0 fully saturated rings. The van der Waals surface area contributed by atoms with E-state index in [0.717, 1.165) is 12.1 Å². The van der Waals surface area contributed by atoms with Gasteiger partial charge in [-0.05, 0) is 19.9 Å². The van der Waals surface area contributed by atoms with Crippen molar-refractivity contribution in [3.05, 3.63) is 23.4 Å². The molecule has 1 heteroatoms. The highest BCUT2D eigenvalue weighted by atomic mass is 14.7. The maximum Gasteiger partial charge on any atom is 0.0371 e. The second kappa shape index (κ2) is 5.90. The Bertz CT molecular complexity index is 185. The van der Waals surface area contributed by atoms with Gasteiger partial charge in [0.25, 0.3) is 0 Å². The van der Waals surface area contributed by atoms with Gasteiger partial charge in [0.05, 0.1) is 0 Å². The van der Waals surface area contributed by atoms with Gasteiger partial charge in [-0.3, -0.25) is 4.99 Å². The minimum Gasteiger partial charge on any atom is -0.266 e. The SMILES string of the molecule is CC.CC1=CCC=NC(C)=C1. The zero-order valence-electron chi connectivity index (χ0n) is 7.89. The van der Waals surface area contributed by atoms with Gasteiger partial charge >= 0.3 is 0 Å². The Balaban J connectivity index is 0.000000461. The number of hydrogen-bond donors (Lipinski definition) is 0. The van der Waals surface area contributed by atoms with Crippen LogP contribution in [0.3, 0.4) is 0 Å². The molecule has 0 amide bonds. The van der Waals surface area contributed by atoms with Gasteiger partial charge in [0.1, 0.15) is 0 Å². The van der Waals surface area contributed by atoms with E-state index < -0.39 is 0 Å². The highest BCUT2D eigenvalue weighted by molar-refractivity contribution is 5.62. The molecule has 1 aliphatic heterocycles. The van der Waals surface area contributed by atoms with Gasteiger partial charge in [-0.2, -0.15) is 0 Å². The van der Waals surface area contributed by atoms with E-state index in [2.05, 4.69) is 24.1 Å². The molecule has 11 heavy (non-hydrogen) atoms. The van der Waals surface area contributed by atoms with Crippen LogP contribution in [-0.2, 0) is 0 Å². The summed E-state index contributed by atoms with van der Waals surface area (Å²) in [5.74, 6) is 0. The maximum absolute atomic E-state index is 4.16. The summed E-state index contributed by atoms with van der Waals surface area (Å²) in [6.07, 6.45) is 7.16. The monoisotopic (exact) mass is 151 g/mol. The fourth-order valence-corrected chi connectivity index (χ4v) is 0.861. The molecule has 1 heterocycles. The van der Waals surface area contributed by atoms with Gasteiger partial charge in [0.2, 0.25) is 0 Å². The number of aliphatic imine (C=N–C) groups is 1. The molecule has 1 nitrogen and oxygen atoms in total. The fraction of sp³-hybridized carbons (Fsp3) is 0.500. The van der Waals surface area contributed by atoms with Crippen molar-refractivity contribution in [2.75, 3.05) is 0 Å². The van der Waals surface area contributed by atoms with Crippen LogP contribution in [0, 0.1) is 0 Å². The third-order valence-corrected chi connectivity index (χ3v) is 1.28. The molecule has 0 bridgehead atoms. The maximum atomic E-state index is 4.16. The van der Waals surface area contributed by atoms with Crippen molar-refractivity contribution in [1.29, 1.82) is 0 Å². The zero-order valence-corrected chi connectivity index (χ0v) is 7.89. The molecule has 1 rings (SSSR count). The lowest BCUT2D eigenvalue weighted by Crippen LogP contribution is -1.67. The van der Waals surface area contributed by atoms with E-state index in [4.69, 9.17) is 0 Å². The Morgan fingerprint density at radius 1 is 1.27 bits per heavy atom. The molecular weight excluding hydrogens is 134 g/mol. The molecule has 0 unspecified atom stereocenters. The van der Waals surface area contributed by atoms with E-state index >= 15 is 0 Å². The van der Waals surface area contributed by atoms with Crippen LogP contribution in [0.25, 0.3) is 0 Å². The molecule has 0 saturated carbocycles. The van der Waals surface area contributed by atoms with E-state index in [1.54, 1.807) is 0 Å². The van der Waals surface area contributed by atoms with E-state index in [-0.39, 0.29) is 0 Å². The van der Waals surface area contributed by atoms with Crippen LogP contribution in [0.2, 0.25) is 0 Å². The first-order valence-corrected chi connectivity index (χ1v) is 4.16. The number of rotatable bonds is 0. The zero-order chi connectivity index (χ0) is 8.69. The third-order valence-electron chi connectivity index (χ3n) is 1.28. The van der Waals surface area contributed by atoms with Crippen molar-refractivity contribution in [3.8, 4) is 0 Å². The third kappa shape index (κ3) is 4.54. The topological polar surface area (TPSA) is 12.4 Å². The molecule has 0 aromatic rings. The predicted octanol–water partition coefficient (Wildman–Crippen LogP) is 3.34. The second-order valence-electron chi connectivity index (χ2n) is 2.28.